The zero-order valence-corrected chi connectivity index (χ0v) is 16.5. The lowest BCUT2D eigenvalue weighted by Gasteiger charge is -2.07. The van der Waals surface area contributed by atoms with Crippen LogP contribution in [0.2, 0.25) is 10.0 Å². The molecule has 28 heavy (non-hydrogen) atoms. The Kier molecular flexibility index (Phi) is 6.69. The number of benzene rings is 1. The molecule has 144 valence electrons. The van der Waals surface area contributed by atoms with Gasteiger partial charge in [-0.3, -0.25) is 9.78 Å². The Morgan fingerprint density at radius 3 is 2.96 bits per heavy atom. The highest BCUT2D eigenvalue weighted by Gasteiger charge is 2.13. The van der Waals surface area contributed by atoms with Gasteiger partial charge in [0.1, 0.15) is 0 Å². The number of hydrazone groups is 1. The Bertz CT molecular complexity index is 996. The summed E-state index contributed by atoms with van der Waals surface area (Å²) in [6.45, 7) is 0. The molecule has 0 saturated heterocycles. The molecule has 0 spiro atoms. The van der Waals surface area contributed by atoms with E-state index >= 15 is 0 Å². The first-order valence-electron chi connectivity index (χ1n) is 7.80. The number of anilines is 2. The molecule has 0 aliphatic carbocycles. The number of nitrogens with two attached hydrogens (primary N) is 1. The molecular formula is C16H14Cl2N8OS. The first-order chi connectivity index (χ1) is 13.5. The zero-order chi connectivity index (χ0) is 19.9. The van der Waals surface area contributed by atoms with E-state index in [1.165, 1.54) is 4.68 Å². The predicted molar refractivity (Wildman–Crippen MR) is 111 cm³/mol. The minimum atomic E-state index is -0.290. The van der Waals surface area contributed by atoms with Crippen LogP contribution < -0.4 is 16.6 Å². The lowest BCUT2D eigenvalue weighted by Crippen LogP contribution is -2.17. The van der Waals surface area contributed by atoms with Crippen molar-refractivity contribution < 1.29 is 4.79 Å². The normalized spacial score (nSPS) is 10.9. The fourth-order valence-electron chi connectivity index (χ4n) is 1.98. The summed E-state index contributed by atoms with van der Waals surface area (Å²) in [5.41, 5.74) is 3.92. The maximum Gasteiger partial charge on any atom is 0.264 e. The van der Waals surface area contributed by atoms with Gasteiger partial charge in [0.2, 0.25) is 11.1 Å². The first-order valence-corrected chi connectivity index (χ1v) is 9.54. The molecular weight excluding hydrogens is 423 g/mol. The van der Waals surface area contributed by atoms with Crippen LogP contribution in [0.25, 0.3) is 0 Å². The zero-order valence-electron chi connectivity index (χ0n) is 14.2. The minimum absolute atomic E-state index is 0.0527. The Morgan fingerprint density at radius 1 is 1.32 bits per heavy atom. The van der Waals surface area contributed by atoms with Crippen molar-refractivity contribution in [1.29, 1.82) is 0 Å². The van der Waals surface area contributed by atoms with Gasteiger partial charge in [0.15, 0.2) is 0 Å². The molecule has 0 unspecified atom stereocenters. The number of hydrogen-bond donors (Lipinski definition) is 3. The molecule has 0 aliphatic rings. The van der Waals surface area contributed by atoms with Crippen LogP contribution >= 0.6 is 35.0 Å². The summed E-state index contributed by atoms with van der Waals surface area (Å²) in [4.78, 5) is 16.1. The second-order valence-electron chi connectivity index (χ2n) is 5.29. The van der Waals surface area contributed by atoms with Crippen LogP contribution in [0.4, 0.5) is 11.6 Å². The molecule has 1 aromatic carbocycles. The van der Waals surface area contributed by atoms with Crippen molar-refractivity contribution in [3.8, 4) is 0 Å². The highest BCUT2D eigenvalue weighted by atomic mass is 35.5. The van der Waals surface area contributed by atoms with Crippen LogP contribution in [0.15, 0.2) is 53.0 Å². The highest BCUT2D eigenvalue weighted by molar-refractivity contribution is 7.99. The number of pyridine rings is 1. The van der Waals surface area contributed by atoms with Crippen molar-refractivity contribution in [3.05, 3.63) is 58.3 Å². The van der Waals surface area contributed by atoms with Crippen LogP contribution in [0.1, 0.15) is 5.56 Å². The van der Waals surface area contributed by atoms with Crippen molar-refractivity contribution in [2.75, 3.05) is 22.3 Å². The average molecular weight is 437 g/mol. The third-order valence-electron chi connectivity index (χ3n) is 3.26. The van der Waals surface area contributed by atoms with Gasteiger partial charge in [-0.25, -0.2) is 10.1 Å². The predicted octanol–water partition coefficient (Wildman–Crippen LogP) is 2.87. The van der Waals surface area contributed by atoms with E-state index in [1.54, 1.807) is 42.9 Å². The SMILES string of the molecule is Nn1c(N/N=C/c2cccnc2)nnc1SCC(=O)Nc1cc(Cl)ccc1Cl. The van der Waals surface area contributed by atoms with Gasteiger partial charge >= 0.3 is 0 Å². The number of halogens is 2. The Morgan fingerprint density at radius 2 is 2.18 bits per heavy atom. The fourth-order valence-corrected chi connectivity index (χ4v) is 2.97. The Labute approximate surface area is 174 Å². The van der Waals surface area contributed by atoms with Crippen molar-refractivity contribution in [3.63, 3.8) is 0 Å². The molecule has 2 aromatic heterocycles. The van der Waals surface area contributed by atoms with Gasteiger partial charge in [-0.1, -0.05) is 41.0 Å². The van der Waals surface area contributed by atoms with Gasteiger partial charge in [-0.2, -0.15) is 5.10 Å². The summed E-state index contributed by atoms with van der Waals surface area (Å²) in [6, 6.07) is 8.45. The number of nitrogens with zero attached hydrogens (tertiary/aromatic N) is 5. The lowest BCUT2D eigenvalue weighted by molar-refractivity contribution is -0.113. The van der Waals surface area contributed by atoms with Crippen LogP contribution in [-0.4, -0.2) is 37.7 Å². The van der Waals surface area contributed by atoms with Crippen molar-refractivity contribution in [2.24, 2.45) is 5.10 Å². The smallest absolute Gasteiger partial charge is 0.264 e. The van der Waals surface area contributed by atoms with Gasteiger partial charge in [-0.15, -0.1) is 10.2 Å². The first kappa shape index (κ1) is 19.9. The molecule has 2 heterocycles. The molecule has 3 rings (SSSR count). The number of hydrogen-bond acceptors (Lipinski definition) is 8. The van der Waals surface area contributed by atoms with Gasteiger partial charge < -0.3 is 11.2 Å². The molecule has 4 N–H and O–H groups in total. The second-order valence-corrected chi connectivity index (χ2v) is 7.08. The van der Waals surface area contributed by atoms with E-state index in [4.69, 9.17) is 29.0 Å². The standard InChI is InChI=1S/C16H14Cl2N8OS/c17-11-3-4-12(18)13(6-11)22-14(27)9-28-16-25-24-15(26(16)19)23-21-8-10-2-1-5-20-7-10/h1-8H,9,19H2,(H,22,27)(H,23,24)/b21-8+. The quantitative estimate of drug-likeness (QED) is 0.225. The van der Waals surface area contributed by atoms with Crippen LogP contribution in [0.5, 0.6) is 0 Å². The lowest BCUT2D eigenvalue weighted by atomic mass is 10.3. The number of rotatable bonds is 7. The number of amides is 1. The van der Waals surface area contributed by atoms with Gasteiger partial charge in [-0.05, 0) is 24.3 Å². The molecule has 0 aliphatic heterocycles. The molecule has 0 saturated carbocycles. The monoisotopic (exact) mass is 436 g/mol. The maximum atomic E-state index is 12.1. The van der Waals surface area contributed by atoms with Crippen LogP contribution in [0.3, 0.4) is 0 Å². The fraction of sp³-hybridized carbons (Fsp3) is 0.0625. The average Bonchev–Trinajstić information content (AvgIpc) is 3.04. The molecule has 0 radical (unpaired) electrons. The van der Waals surface area contributed by atoms with Crippen LogP contribution in [0, 0.1) is 0 Å². The number of nitrogen functional groups attached to an aromatic ring is 1. The van der Waals surface area contributed by atoms with E-state index < -0.39 is 0 Å². The largest absolute Gasteiger partial charge is 0.334 e. The number of nitrogens with one attached hydrogen (secondary N) is 2. The Balaban J connectivity index is 1.54. The van der Waals surface area contributed by atoms with E-state index in [0.717, 1.165) is 17.3 Å². The Hall–Kier alpha value is -2.82. The molecule has 12 heteroatoms. The van der Waals surface area contributed by atoms with Gasteiger partial charge in [0.05, 0.1) is 22.7 Å². The minimum Gasteiger partial charge on any atom is -0.334 e. The van der Waals surface area contributed by atoms with Crippen molar-refractivity contribution in [1.82, 2.24) is 19.9 Å². The van der Waals surface area contributed by atoms with Crippen molar-refractivity contribution >= 4 is 58.7 Å². The summed E-state index contributed by atoms with van der Waals surface area (Å²) in [5, 5.41) is 15.7. The summed E-state index contributed by atoms with van der Waals surface area (Å²) in [7, 11) is 0. The molecule has 0 fully saturated rings. The third kappa shape index (κ3) is 5.35. The molecule has 0 atom stereocenters. The van der Waals surface area contributed by atoms with E-state index in [2.05, 4.69) is 31.0 Å². The van der Waals surface area contributed by atoms with E-state index in [9.17, 15) is 4.79 Å². The van der Waals surface area contributed by atoms with E-state index in [0.29, 0.717) is 20.9 Å². The van der Waals surface area contributed by atoms with E-state index in [1.807, 2.05) is 6.07 Å². The number of thioether (sulfide) groups is 1. The summed E-state index contributed by atoms with van der Waals surface area (Å²) >= 11 is 13.0. The molecule has 9 nitrogen and oxygen atoms in total. The maximum absolute atomic E-state index is 12.1. The topological polar surface area (TPSA) is 123 Å². The van der Waals surface area contributed by atoms with Crippen LogP contribution in [-0.2, 0) is 4.79 Å². The summed E-state index contributed by atoms with van der Waals surface area (Å²) in [6.07, 6.45) is 4.89. The highest BCUT2D eigenvalue weighted by Crippen LogP contribution is 2.26. The summed E-state index contributed by atoms with van der Waals surface area (Å²) in [5.74, 6) is 5.90. The molecule has 0 bridgehead atoms. The molecule has 3 aromatic rings. The van der Waals surface area contributed by atoms with Gasteiger partial charge in [0.25, 0.3) is 5.95 Å². The third-order valence-corrected chi connectivity index (χ3v) is 4.77. The number of aromatic nitrogens is 4. The summed E-state index contributed by atoms with van der Waals surface area (Å²) < 4.78 is 1.20. The molecule has 1 amide bonds. The second kappa shape index (κ2) is 9.40. The number of carbonyl (C=O) groups is 1. The van der Waals surface area contributed by atoms with Crippen molar-refractivity contribution in [2.45, 2.75) is 5.16 Å². The van der Waals surface area contributed by atoms with Gasteiger partial charge in [0, 0.05) is 23.0 Å². The van der Waals surface area contributed by atoms with E-state index in [-0.39, 0.29) is 17.6 Å². The number of carbonyl (C=O) groups excluding carboxylic acids is 1.